The Labute approximate surface area is 131 Å². The fourth-order valence-electron chi connectivity index (χ4n) is 2.58. The molecule has 0 aliphatic rings. The zero-order chi connectivity index (χ0) is 15.2. The minimum atomic E-state index is 0.291. The van der Waals surface area contributed by atoms with Gasteiger partial charge >= 0.3 is 0 Å². The van der Waals surface area contributed by atoms with Gasteiger partial charge in [-0.2, -0.15) is 0 Å². The molecule has 3 heteroatoms. The van der Waals surface area contributed by atoms with Crippen LogP contribution < -0.4 is 5.32 Å². The van der Waals surface area contributed by atoms with Crippen molar-refractivity contribution < 1.29 is 5.11 Å². The van der Waals surface area contributed by atoms with Gasteiger partial charge in [-0.25, -0.2) is 0 Å². The molecule has 2 aromatic carbocycles. The SMILES string of the molecule is CCC(NC(C)Cc1cccc(Cl)c1)c1ccc(O)cc1. The molecule has 2 unspecified atom stereocenters. The molecule has 0 saturated heterocycles. The van der Waals surface area contributed by atoms with Crippen LogP contribution in [-0.4, -0.2) is 11.1 Å². The smallest absolute Gasteiger partial charge is 0.115 e. The number of phenols is 1. The van der Waals surface area contributed by atoms with E-state index in [1.807, 2.05) is 30.3 Å². The van der Waals surface area contributed by atoms with Crippen LogP contribution in [0.3, 0.4) is 0 Å². The van der Waals surface area contributed by atoms with Crippen LogP contribution in [0.4, 0.5) is 0 Å². The molecule has 0 amide bonds. The Bertz CT molecular complexity index is 568. The number of benzene rings is 2. The third-order valence-corrected chi connectivity index (χ3v) is 3.86. The maximum absolute atomic E-state index is 9.38. The molecule has 0 saturated carbocycles. The standard InChI is InChI=1S/C18H22ClNO/c1-3-18(15-7-9-17(21)10-8-15)20-13(2)11-14-5-4-6-16(19)12-14/h4-10,12-13,18,20-21H,3,11H2,1-2H3. The Morgan fingerprint density at radius 3 is 2.48 bits per heavy atom. The number of nitrogens with one attached hydrogen (secondary N) is 1. The van der Waals surface area contributed by atoms with Gasteiger partial charge < -0.3 is 10.4 Å². The largest absolute Gasteiger partial charge is 0.508 e. The quantitative estimate of drug-likeness (QED) is 0.809. The maximum Gasteiger partial charge on any atom is 0.115 e. The monoisotopic (exact) mass is 303 g/mol. The van der Waals surface area contributed by atoms with Gasteiger partial charge in [0.15, 0.2) is 0 Å². The van der Waals surface area contributed by atoms with Crippen molar-refractivity contribution in [1.29, 1.82) is 0 Å². The maximum atomic E-state index is 9.38. The summed E-state index contributed by atoms with van der Waals surface area (Å²) in [5.74, 6) is 0.306. The molecule has 2 aromatic rings. The summed E-state index contributed by atoms with van der Waals surface area (Å²) in [5, 5.41) is 13.8. The van der Waals surface area contributed by atoms with Gasteiger partial charge in [-0.1, -0.05) is 42.8 Å². The summed E-state index contributed by atoms with van der Waals surface area (Å²) in [6.07, 6.45) is 1.94. The zero-order valence-corrected chi connectivity index (χ0v) is 13.3. The molecule has 0 heterocycles. The minimum Gasteiger partial charge on any atom is -0.508 e. The van der Waals surface area contributed by atoms with Crippen LogP contribution in [0.1, 0.15) is 37.4 Å². The van der Waals surface area contributed by atoms with E-state index in [0.29, 0.717) is 17.8 Å². The topological polar surface area (TPSA) is 32.3 Å². The van der Waals surface area contributed by atoms with Gasteiger partial charge in [0.2, 0.25) is 0 Å². The average molecular weight is 304 g/mol. The molecular formula is C18H22ClNO. The number of phenolic OH excluding ortho intramolecular Hbond substituents is 1. The van der Waals surface area contributed by atoms with Crippen molar-refractivity contribution in [3.8, 4) is 5.75 Å². The summed E-state index contributed by atoms with van der Waals surface area (Å²) in [7, 11) is 0. The summed E-state index contributed by atoms with van der Waals surface area (Å²) < 4.78 is 0. The van der Waals surface area contributed by atoms with E-state index in [1.54, 1.807) is 12.1 Å². The van der Waals surface area contributed by atoms with Gasteiger partial charge in [-0.15, -0.1) is 0 Å². The molecule has 0 aromatic heterocycles. The lowest BCUT2D eigenvalue weighted by Gasteiger charge is -2.23. The van der Waals surface area contributed by atoms with E-state index in [2.05, 4.69) is 25.2 Å². The van der Waals surface area contributed by atoms with Gasteiger partial charge in [-0.05, 0) is 55.2 Å². The molecule has 2 nitrogen and oxygen atoms in total. The Hall–Kier alpha value is -1.51. The van der Waals surface area contributed by atoms with Crippen LogP contribution in [0, 0.1) is 0 Å². The first kappa shape index (κ1) is 15.9. The molecule has 0 bridgehead atoms. The van der Waals surface area contributed by atoms with E-state index in [0.717, 1.165) is 17.9 Å². The highest BCUT2D eigenvalue weighted by molar-refractivity contribution is 6.30. The summed E-state index contributed by atoms with van der Waals surface area (Å²) >= 11 is 6.03. The molecule has 0 radical (unpaired) electrons. The molecule has 0 fully saturated rings. The predicted molar refractivity (Wildman–Crippen MR) is 88.9 cm³/mol. The molecule has 0 aliphatic carbocycles. The van der Waals surface area contributed by atoms with Gasteiger partial charge in [-0.3, -0.25) is 0 Å². The van der Waals surface area contributed by atoms with Gasteiger partial charge in [0, 0.05) is 17.1 Å². The lowest BCUT2D eigenvalue weighted by atomic mass is 10.0. The van der Waals surface area contributed by atoms with Gasteiger partial charge in [0.1, 0.15) is 5.75 Å². The van der Waals surface area contributed by atoms with Gasteiger partial charge in [0.25, 0.3) is 0 Å². The summed E-state index contributed by atoms with van der Waals surface area (Å²) in [5.41, 5.74) is 2.44. The summed E-state index contributed by atoms with van der Waals surface area (Å²) in [6.45, 7) is 4.35. The van der Waals surface area contributed by atoms with Crippen LogP contribution in [0.2, 0.25) is 5.02 Å². The Morgan fingerprint density at radius 2 is 1.86 bits per heavy atom. The number of aromatic hydroxyl groups is 1. The van der Waals surface area contributed by atoms with Crippen LogP contribution in [0.25, 0.3) is 0 Å². The van der Waals surface area contributed by atoms with Crippen LogP contribution in [0.15, 0.2) is 48.5 Å². The van der Waals surface area contributed by atoms with Crippen molar-refractivity contribution >= 4 is 11.6 Å². The van der Waals surface area contributed by atoms with Crippen molar-refractivity contribution in [2.45, 2.75) is 38.8 Å². The first-order valence-corrected chi connectivity index (χ1v) is 7.75. The zero-order valence-electron chi connectivity index (χ0n) is 12.5. The first-order chi connectivity index (χ1) is 10.1. The van der Waals surface area contributed by atoms with E-state index in [9.17, 15) is 5.11 Å². The van der Waals surface area contributed by atoms with Gasteiger partial charge in [0.05, 0.1) is 0 Å². The normalized spacial score (nSPS) is 13.9. The van der Waals surface area contributed by atoms with Crippen molar-refractivity contribution in [2.75, 3.05) is 0 Å². The highest BCUT2D eigenvalue weighted by Gasteiger charge is 2.13. The molecule has 112 valence electrons. The number of hydrogen-bond acceptors (Lipinski definition) is 2. The fraction of sp³-hybridized carbons (Fsp3) is 0.333. The van der Waals surface area contributed by atoms with Crippen LogP contribution >= 0.6 is 11.6 Å². The highest BCUT2D eigenvalue weighted by Crippen LogP contribution is 2.21. The second-order valence-corrected chi connectivity index (χ2v) is 5.89. The van der Waals surface area contributed by atoms with E-state index in [1.165, 1.54) is 11.1 Å². The van der Waals surface area contributed by atoms with E-state index in [-0.39, 0.29) is 0 Å². The Kier molecular flexibility index (Phi) is 5.66. The molecule has 2 rings (SSSR count). The average Bonchev–Trinajstić information content (AvgIpc) is 2.46. The van der Waals surface area contributed by atoms with Crippen LogP contribution in [-0.2, 0) is 6.42 Å². The Balaban J connectivity index is 1.99. The number of rotatable bonds is 6. The second-order valence-electron chi connectivity index (χ2n) is 5.45. The third kappa shape index (κ3) is 4.76. The predicted octanol–water partition coefficient (Wildman–Crippen LogP) is 4.72. The third-order valence-electron chi connectivity index (χ3n) is 3.62. The van der Waals surface area contributed by atoms with E-state index >= 15 is 0 Å². The van der Waals surface area contributed by atoms with E-state index in [4.69, 9.17) is 11.6 Å². The lowest BCUT2D eigenvalue weighted by molar-refractivity contribution is 0.441. The first-order valence-electron chi connectivity index (χ1n) is 7.38. The molecule has 0 spiro atoms. The molecule has 2 atom stereocenters. The van der Waals surface area contributed by atoms with Crippen LogP contribution in [0.5, 0.6) is 5.75 Å². The lowest BCUT2D eigenvalue weighted by Crippen LogP contribution is -2.31. The van der Waals surface area contributed by atoms with Crippen molar-refractivity contribution in [3.05, 3.63) is 64.7 Å². The summed E-state index contributed by atoms with van der Waals surface area (Å²) in [4.78, 5) is 0. The van der Waals surface area contributed by atoms with Crippen molar-refractivity contribution in [2.24, 2.45) is 0 Å². The van der Waals surface area contributed by atoms with Crippen molar-refractivity contribution in [3.63, 3.8) is 0 Å². The fourth-order valence-corrected chi connectivity index (χ4v) is 2.79. The molecule has 21 heavy (non-hydrogen) atoms. The number of hydrogen-bond donors (Lipinski definition) is 2. The van der Waals surface area contributed by atoms with E-state index < -0.39 is 0 Å². The van der Waals surface area contributed by atoms with Crippen molar-refractivity contribution in [1.82, 2.24) is 5.32 Å². The molecule has 2 N–H and O–H groups in total. The summed E-state index contributed by atoms with van der Waals surface area (Å²) in [6, 6.07) is 16.1. The minimum absolute atomic E-state index is 0.291. The molecule has 0 aliphatic heterocycles. The second kappa shape index (κ2) is 7.48. The number of halogens is 1. The Morgan fingerprint density at radius 1 is 1.14 bits per heavy atom. The highest BCUT2D eigenvalue weighted by atomic mass is 35.5. The molecular weight excluding hydrogens is 282 g/mol.